The number of hydrogen-bond acceptors (Lipinski definition) is 3. The molecule has 4 heteroatoms. The Morgan fingerprint density at radius 3 is 1.85 bits per heavy atom. The topological polar surface area (TPSA) is 38.8 Å². The Bertz CT molecular complexity index is 92.9. The highest BCUT2D eigenvalue weighted by Gasteiger charge is 2.05. The molecule has 0 aromatic rings. The summed E-state index contributed by atoms with van der Waals surface area (Å²) in [4.78, 5) is 11.7. The molecule has 0 bridgehead atoms. The molecule has 0 radical (unpaired) electrons. The second-order valence-electron chi connectivity index (χ2n) is 2.16. The SMILES string of the molecule is CC.COC.O=CN1CCOCC1. The molecule has 1 rings (SSSR count). The van der Waals surface area contributed by atoms with E-state index in [0.29, 0.717) is 13.2 Å². The van der Waals surface area contributed by atoms with Gasteiger partial charge in [-0.1, -0.05) is 13.8 Å². The molecule has 1 aliphatic rings. The summed E-state index contributed by atoms with van der Waals surface area (Å²) in [6, 6.07) is 0. The fraction of sp³-hybridized carbons (Fsp3) is 0.889. The molecular weight excluding hydrogens is 170 g/mol. The van der Waals surface area contributed by atoms with Crippen LogP contribution in [0.4, 0.5) is 0 Å². The molecule has 0 N–H and O–H groups in total. The number of morpholine rings is 1. The quantitative estimate of drug-likeness (QED) is 0.574. The number of nitrogens with zero attached hydrogens (tertiary/aromatic N) is 1. The zero-order chi connectivity index (χ0) is 10.5. The zero-order valence-corrected chi connectivity index (χ0v) is 9.08. The van der Waals surface area contributed by atoms with E-state index in [9.17, 15) is 4.79 Å². The van der Waals surface area contributed by atoms with E-state index in [2.05, 4.69) is 4.74 Å². The lowest BCUT2D eigenvalue weighted by Crippen LogP contribution is -2.34. The maximum atomic E-state index is 10.0. The maximum absolute atomic E-state index is 10.0. The van der Waals surface area contributed by atoms with Crippen molar-refractivity contribution in [2.45, 2.75) is 13.8 Å². The Kier molecular flexibility index (Phi) is 16.0. The number of amides is 1. The molecule has 0 aliphatic carbocycles. The first kappa shape index (κ1) is 14.9. The molecule has 4 nitrogen and oxygen atoms in total. The van der Waals surface area contributed by atoms with E-state index in [1.54, 1.807) is 19.1 Å². The molecule has 0 unspecified atom stereocenters. The van der Waals surface area contributed by atoms with Crippen molar-refractivity contribution in [1.29, 1.82) is 0 Å². The normalized spacial score (nSPS) is 14.6. The van der Waals surface area contributed by atoms with E-state index in [1.165, 1.54) is 0 Å². The molecule has 1 aliphatic heterocycles. The van der Waals surface area contributed by atoms with Gasteiger partial charge in [0.05, 0.1) is 13.2 Å². The minimum Gasteiger partial charge on any atom is -0.388 e. The van der Waals surface area contributed by atoms with Gasteiger partial charge in [0.2, 0.25) is 6.41 Å². The summed E-state index contributed by atoms with van der Waals surface area (Å²) in [5.41, 5.74) is 0. The van der Waals surface area contributed by atoms with Crippen LogP contribution in [0.1, 0.15) is 13.8 Å². The second kappa shape index (κ2) is 13.9. The van der Waals surface area contributed by atoms with Gasteiger partial charge in [-0.2, -0.15) is 0 Å². The van der Waals surface area contributed by atoms with E-state index < -0.39 is 0 Å². The lowest BCUT2D eigenvalue weighted by molar-refractivity contribution is -0.121. The highest BCUT2D eigenvalue weighted by atomic mass is 16.5. The summed E-state index contributed by atoms with van der Waals surface area (Å²) in [6.07, 6.45) is 0.864. The molecule has 13 heavy (non-hydrogen) atoms. The second-order valence-corrected chi connectivity index (χ2v) is 2.16. The number of rotatable bonds is 1. The Morgan fingerprint density at radius 2 is 1.62 bits per heavy atom. The smallest absolute Gasteiger partial charge is 0.209 e. The van der Waals surface area contributed by atoms with Gasteiger partial charge in [-0.15, -0.1) is 0 Å². The lowest BCUT2D eigenvalue weighted by Gasteiger charge is -2.21. The van der Waals surface area contributed by atoms with Gasteiger partial charge in [0, 0.05) is 27.3 Å². The summed E-state index contributed by atoms with van der Waals surface area (Å²) < 4.78 is 9.25. The van der Waals surface area contributed by atoms with Crippen LogP contribution in [0.25, 0.3) is 0 Å². The van der Waals surface area contributed by atoms with Crippen molar-refractivity contribution >= 4 is 6.41 Å². The molecule has 0 saturated carbocycles. The van der Waals surface area contributed by atoms with Crippen LogP contribution in [0.15, 0.2) is 0 Å². The van der Waals surface area contributed by atoms with E-state index in [0.717, 1.165) is 19.5 Å². The van der Waals surface area contributed by atoms with E-state index in [1.807, 2.05) is 13.8 Å². The monoisotopic (exact) mass is 191 g/mol. The molecule has 80 valence electrons. The molecule has 1 amide bonds. The Labute approximate surface area is 80.8 Å². The number of methoxy groups -OCH3 is 1. The Hall–Kier alpha value is -0.610. The van der Waals surface area contributed by atoms with E-state index >= 15 is 0 Å². The van der Waals surface area contributed by atoms with Gasteiger partial charge in [0.1, 0.15) is 0 Å². The van der Waals surface area contributed by atoms with Gasteiger partial charge in [0.25, 0.3) is 0 Å². The van der Waals surface area contributed by atoms with Gasteiger partial charge >= 0.3 is 0 Å². The molecule has 0 aromatic carbocycles. The first-order valence-electron chi connectivity index (χ1n) is 4.52. The van der Waals surface area contributed by atoms with Crippen molar-refractivity contribution in [3.8, 4) is 0 Å². The average Bonchev–Trinajstić information content (AvgIpc) is 2.23. The van der Waals surface area contributed by atoms with Gasteiger partial charge in [-0.25, -0.2) is 0 Å². The predicted molar refractivity (Wildman–Crippen MR) is 52.7 cm³/mol. The van der Waals surface area contributed by atoms with E-state index in [4.69, 9.17) is 4.74 Å². The van der Waals surface area contributed by atoms with Crippen LogP contribution in [-0.4, -0.2) is 51.8 Å². The first-order valence-corrected chi connectivity index (χ1v) is 4.52. The molecule has 0 aromatic heterocycles. The predicted octanol–water partition coefficient (Wildman–Crippen LogP) is 0.764. The molecule has 1 heterocycles. The van der Waals surface area contributed by atoms with Crippen molar-refractivity contribution in [3.63, 3.8) is 0 Å². The van der Waals surface area contributed by atoms with Crippen LogP contribution in [0.5, 0.6) is 0 Å². The minimum atomic E-state index is 0.693. The van der Waals surface area contributed by atoms with Crippen LogP contribution >= 0.6 is 0 Å². The molecule has 0 spiro atoms. The van der Waals surface area contributed by atoms with Crippen LogP contribution < -0.4 is 0 Å². The fourth-order valence-corrected chi connectivity index (χ4v) is 0.683. The highest BCUT2D eigenvalue weighted by molar-refractivity contribution is 5.46. The lowest BCUT2D eigenvalue weighted by atomic mass is 10.5. The third-order valence-corrected chi connectivity index (χ3v) is 1.19. The van der Waals surface area contributed by atoms with Crippen molar-refractivity contribution in [2.24, 2.45) is 0 Å². The molecule has 1 saturated heterocycles. The van der Waals surface area contributed by atoms with Crippen LogP contribution in [0, 0.1) is 0 Å². The summed E-state index contributed by atoms with van der Waals surface area (Å²) in [6.45, 7) is 6.89. The number of ether oxygens (including phenoxy) is 2. The van der Waals surface area contributed by atoms with Crippen LogP contribution in [-0.2, 0) is 14.3 Å². The van der Waals surface area contributed by atoms with Crippen LogP contribution in [0.3, 0.4) is 0 Å². The van der Waals surface area contributed by atoms with Gasteiger partial charge < -0.3 is 14.4 Å². The zero-order valence-electron chi connectivity index (χ0n) is 9.08. The van der Waals surface area contributed by atoms with Gasteiger partial charge in [-0.05, 0) is 0 Å². The standard InChI is InChI=1S/C5H9NO2.C2H6O.C2H6/c7-5-6-1-3-8-4-2-6;1-3-2;1-2/h5H,1-4H2;1-2H3;1-2H3. The van der Waals surface area contributed by atoms with Crippen molar-refractivity contribution in [3.05, 3.63) is 0 Å². The summed E-state index contributed by atoms with van der Waals surface area (Å²) in [7, 11) is 3.25. The van der Waals surface area contributed by atoms with Crippen molar-refractivity contribution < 1.29 is 14.3 Å². The summed E-state index contributed by atoms with van der Waals surface area (Å²) >= 11 is 0. The fourth-order valence-electron chi connectivity index (χ4n) is 0.683. The Morgan fingerprint density at radius 1 is 1.23 bits per heavy atom. The highest BCUT2D eigenvalue weighted by Crippen LogP contribution is 1.90. The summed E-state index contributed by atoms with van der Waals surface area (Å²) in [5, 5.41) is 0. The number of hydrogen-bond donors (Lipinski definition) is 0. The maximum Gasteiger partial charge on any atom is 0.209 e. The van der Waals surface area contributed by atoms with Gasteiger partial charge in [0.15, 0.2) is 0 Å². The first-order chi connectivity index (χ1) is 6.35. The molecular formula is C9H21NO3. The minimum absolute atomic E-state index is 0.693. The Balaban J connectivity index is 0. The van der Waals surface area contributed by atoms with Crippen LogP contribution in [0.2, 0.25) is 0 Å². The van der Waals surface area contributed by atoms with Gasteiger partial charge in [-0.3, -0.25) is 4.79 Å². The molecule has 1 fully saturated rings. The molecule has 0 atom stereocenters. The third-order valence-electron chi connectivity index (χ3n) is 1.19. The van der Waals surface area contributed by atoms with Crippen molar-refractivity contribution in [1.82, 2.24) is 4.90 Å². The van der Waals surface area contributed by atoms with E-state index in [-0.39, 0.29) is 0 Å². The summed E-state index contributed by atoms with van der Waals surface area (Å²) in [5.74, 6) is 0. The number of carbonyl (C=O) groups excluding carboxylic acids is 1. The number of carbonyl (C=O) groups is 1. The largest absolute Gasteiger partial charge is 0.388 e. The average molecular weight is 191 g/mol. The van der Waals surface area contributed by atoms with Crippen molar-refractivity contribution in [2.75, 3.05) is 40.5 Å². The third kappa shape index (κ3) is 11.4.